The van der Waals surface area contributed by atoms with E-state index in [1.165, 1.54) is 0 Å². The Labute approximate surface area is 94.0 Å². The molecular formula is C11H15N3O2. The predicted molar refractivity (Wildman–Crippen MR) is 61.5 cm³/mol. The highest BCUT2D eigenvalue weighted by Crippen LogP contribution is 2.13. The molecule has 1 atom stereocenters. The Morgan fingerprint density at radius 1 is 1.31 bits per heavy atom. The van der Waals surface area contributed by atoms with Gasteiger partial charge in [-0.2, -0.15) is 0 Å². The number of benzene rings is 1. The normalized spacial score (nSPS) is 20.6. The lowest BCUT2D eigenvalue weighted by Gasteiger charge is -2.24. The van der Waals surface area contributed by atoms with Gasteiger partial charge in [0.2, 0.25) is 0 Å². The predicted octanol–water partition coefficient (Wildman–Crippen LogP) is 0.699. The molecule has 16 heavy (non-hydrogen) atoms. The van der Waals surface area contributed by atoms with Crippen molar-refractivity contribution in [2.75, 3.05) is 19.6 Å². The molecule has 5 nitrogen and oxygen atoms in total. The summed E-state index contributed by atoms with van der Waals surface area (Å²) in [5.74, 6) is 0. The average molecular weight is 221 g/mol. The molecule has 1 heterocycles. The molecule has 0 aliphatic carbocycles. The van der Waals surface area contributed by atoms with Gasteiger partial charge in [0.15, 0.2) is 0 Å². The maximum atomic E-state index is 10.5. The Morgan fingerprint density at radius 3 is 2.62 bits per heavy atom. The summed E-state index contributed by atoms with van der Waals surface area (Å²) in [6.07, 6.45) is 0.908. The van der Waals surface area contributed by atoms with Crippen molar-refractivity contribution in [3.63, 3.8) is 0 Å². The van der Waals surface area contributed by atoms with Crippen LogP contribution in [0.15, 0.2) is 24.3 Å². The second kappa shape index (κ2) is 5.05. The van der Waals surface area contributed by atoms with E-state index in [0.29, 0.717) is 6.04 Å². The Bertz CT molecular complexity index is 358. The monoisotopic (exact) mass is 221 g/mol. The molecule has 0 aromatic heterocycles. The van der Waals surface area contributed by atoms with E-state index in [4.69, 9.17) is 0 Å². The van der Waals surface area contributed by atoms with Crippen LogP contribution in [0.25, 0.3) is 0 Å². The van der Waals surface area contributed by atoms with Gasteiger partial charge in [0.25, 0.3) is 5.69 Å². The van der Waals surface area contributed by atoms with Crippen LogP contribution >= 0.6 is 0 Å². The molecule has 0 saturated carbocycles. The summed E-state index contributed by atoms with van der Waals surface area (Å²) in [6, 6.07) is 7.20. The number of nitrogens with one attached hydrogen (secondary N) is 2. The van der Waals surface area contributed by atoms with E-state index >= 15 is 0 Å². The fraction of sp³-hybridized carbons (Fsp3) is 0.455. The molecule has 1 unspecified atom stereocenters. The first-order valence-corrected chi connectivity index (χ1v) is 5.43. The van der Waals surface area contributed by atoms with Crippen LogP contribution in [-0.4, -0.2) is 30.6 Å². The third-order valence-corrected chi connectivity index (χ3v) is 2.75. The maximum absolute atomic E-state index is 10.5. The molecule has 86 valence electrons. The fourth-order valence-electron chi connectivity index (χ4n) is 1.90. The van der Waals surface area contributed by atoms with E-state index in [2.05, 4.69) is 10.6 Å². The van der Waals surface area contributed by atoms with Crippen molar-refractivity contribution in [3.8, 4) is 0 Å². The SMILES string of the molecule is O=[N+]([O-])c1ccc(CC2CNCCN2)cc1. The first-order valence-electron chi connectivity index (χ1n) is 5.43. The van der Waals surface area contributed by atoms with Gasteiger partial charge in [0.1, 0.15) is 0 Å². The number of piperazine rings is 1. The van der Waals surface area contributed by atoms with Crippen LogP contribution in [0.5, 0.6) is 0 Å². The summed E-state index contributed by atoms with van der Waals surface area (Å²) in [5, 5.41) is 17.2. The number of nitrogens with zero attached hydrogens (tertiary/aromatic N) is 1. The quantitative estimate of drug-likeness (QED) is 0.582. The van der Waals surface area contributed by atoms with Crippen molar-refractivity contribution in [2.45, 2.75) is 12.5 Å². The molecule has 1 fully saturated rings. The summed E-state index contributed by atoms with van der Waals surface area (Å²) in [5.41, 5.74) is 1.28. The zero-order valence-electron chi connectivity index (χ0n) is 8.98. The highest BCUT2D eigenvalue weighted by Gasteiger charge is 2.13. The highest BCUT2D eigenvalue weighted by atomic mass is 16.6. The van der Waals surface area contributed by atoms with Crippen LogP contribution in [0.4, 0.5) is 5.69 Å². The molecule has 1 aliphatic rings. The second-order valence-electron chi connectivity index (χ2n) is 3.98. The molecule has 2 N–H and O–H groups in total. The number of nitro benzene ring substituents is 1. The topological polar surface area (TPSA) is 67.2 Å². The number of hydrogen-bond acceptors (Lipinski definition) is 4. The average Bonchev–Trinajstić information content (AvgIpc) is 2.31. The minimum Gasteiger partial charge on any atom is -0.314 e. The van der Waals surface area contributed by atoms with Crippen LogP contribution in [-0.2, 0) is 6.42 Å². The molecule has 1 aromatic rings. The van der Waals surface area contributed by atoms with Crippen molar-refractivity contribution in [2.24, 2.45) is 0 Å². The highest BCUT2D eigenvalue weighted by molar-refractivity contribution is 5.33. The fourth-order valence-corrected chi connectivity index (χ4v) is 1.90. The molecule has 1 aromatic carbocycles. The lowest BCUT2D eigenvalue weighted by molar-refractivity contribution is -0.384. The largest absolute Gasteiger partial charge is 0.314 e. The molecule has 0 amide bonds. The van der Waals surface area contributed by atoms with E-state index in [1.54, 1.807) is 12.1 Å². The molecule has 0 radical (unpaired) electrons. The van der Waals surface area contributed by atoms with Gasteiger partial charge >= 0.3 is 0 Å². The van der Waals surface area contributed by atoms with E-state index in [-0.39, 0.29) is 10.6 Å². The van der Waals surface area contributed by atoms with E-state index in [0.717, 1.165) is 31.6 Å². The van der Waals surface area contributed by atoms with Crippen LogP contribution < -0.4 is 10.6 Å². The minimum atomic E-state index is -0.371. The summed E-state index contributed by atoms with van der Waals surface area (Å²) >= 11 is 0. The minimum absolute atomic E-state index is 0.151. The van der Waals surface area contributed by atoms with Crippen molar-refractivity contribution in [1.29, 1.82) is 0 Å². The third kappa shape index (κ3) is 2.77. The third-order valence-electron chi connectivity index (χ3n) is 2.75. The number of non-ortho nitro benzene ring substituents is 1. The van der Waals surface area contributed by atoms with Gasteiger partial charge in [-0.1, -0.05) is 12.1 Å². The van der Waals surface area contributed by atoms with Gasteiger partial charge in [0, 0.05) is 37.8 Å². The van der Waals surface area contributed by atoms with Crippen LogP contribution in [0.1, 0.15) is 5.56 Å². The molecule has 1 saturated heterocycles. The van der Waals surface area contributed by atoms with Gasteiger partial charge in [-0.25, -0.2) is 0 Å². The molecule has 1 aliphatic heterocycles. The van der Waals surface area contributed by atoms with Crippen LogP contribution in [0.2, 0.25) is 0 Å². The first kappa shape index (κ1) is 11.0. The molecule has 0 bridgehead atoms. The summed E-state index contributed by atoms with van der Waals surface area (Å²) in [6.45, 7) is 2.95. The zero-order valence-corrected chi connectivity index (χ0v) is 8.98. The number of nitro groups is 1. The van der Waals surface area contributed by atoms with Gasteiger partial charge in [-0.05, 0) is 12.0 Å². The van der Waals surface area contributed by atoms with E-state index in [1.807, 2.05) is 12.1 Å². The molecule has 5 heteroatoms. The Hall–Kier alpha value is -1.46. The van der Waals surface area contributed by atoms with Crippen molar-refractivity contribution in [3.05, 3.63) is 39.9 Å². The van der Waals surface area contributed by atoms with Crippen LogP contribution in [0.3, 0.4) is 0 Å². The zero-order chi connectivity index (χ0) is 11.4. The second-order valence-corrected chi connectivity index (χ2v) is 3.98. The van der Waals surface area contributed by atoms with Crippen molar-refractivity contribution >= 4 is 5.69 Å². The van der Waals surface area contributed by atoms with Gasteiger partial charge < -0.3 is 10.6 Å². The maximum Gasteiger partial charge on any atom is 0.269 e. The first-order chi connectivity index (χ1) is 7.75. The standard InChI is InChI=1S/C11H15N3O2/c15-14(16)11-3-1-9(2-4-11)7-10-8-12-5-6-13-10/h1-4,10,12-13H,5-8H2. The Kier molecular flexibility index (Phi) is 3.48. The summed E-state index contributed by atoms with van der Waals surface area (Å²) < 4.78 is 0. The summed E-state index contributed by atoms with van der Waals surface area (Å²) in [4.78, 5) is 10.1. The Balaban J connectivity index is 1.96. The number of hydrogen-bond donors (Lipinski definition) is 2. The lowest BCUT2D eigenvalue weighted by atomic mass is 10.0. The molecule has 0 spiro atoms. The lowest BCUT2D eigenvalue weighted by Crippen LogP contribution is -2.49. The van der Waals surface area contributed by atoms with Gasteiger partial charge in [-0.15, -0.1) is 0 Å². The van der Waals surface area contributed by atoms with Crippen molar-refractivity contribution in [1.82, 2.24) is 10.6 Å². The van der Waals surface area contributed by atoms with Crippen LogP contribution in [0, 0.1) is 10.1 Å². The van der Waals surface area contributed by atoms with Crippen molar-refractivity contribution < 1.29 is 4.92 Å². The van der Waals surface area contributed by atoms with E-state index < -0.39 is 0 Å². The molecule has 2 rings (SSSR count). The summed E-state index contributed by atoms with van der Waals surface area (Å²) in [7, 11) is 0. The van der Waals surface area contributed by atoms with Gasteiger partial charge in [-0.3, -0.25) is 10.1 Å². The Morgan fingerprint density at radius 2 is 2.06 bits per heavy atom. The van der Waals surface area contributed by atoms with E-state index in [9.17, 15) is 10.1 Å². The van der Waals surface area contributed by atoms with Gasteiger partial charge in [0.05, 0.1) is 4.92 Å². The molecular weight excluding hydrogens is 206 g/mol. The number of rotatable bonds is 3. The smallest absolute Gasteiger partial charge is 0.269 e.